The normalized spacial score (nSPS) is 11.0. The fourth-order valence-corrected chi connectivity index (χ4v) is 4.50. The Balaban J connectivity index is 1.69. The molecule has 3 rings (SSSR count). The third-order valence-corrected chi connectivity index (χ3v) is 6.62. The van der Waals surface area contributed by atoms with Crippen molar-refractivity contribution in [3.8, 4) is 10.4 Å². The average molecular weight is 488 g/mol. The second-order valence-corrected chi connectivity index (χ2v) is 9.93. The summed E-state index contributed by atoms with van der Waals surface area (Å²) in [5, 5.41) is 2.88. The Morgan fingerprint density at radius 3 is 2.21 bits per heavy atom. The molecule has 0 saturated carbocycles. The van der Waals surface area contributed by atoms with Crippen LogP contribution in [0.3, 0.4) is 0 Å². The third-order valence-electron chi connectivity index (χ3n) is 4.39. The van der Waals surface area contributed by atoms with Gasteiger partial charge in [-0.25, -0.2) is 18.0 Å². The fraction of sp³-hybridized carbons (Fsp3) is 0.174. The van der Waals surface area contributed by atoms with Crippen LogP contribution >= 0.6 is 11.3 Å². The van der Waals surface area contributed by atoms with Crippen molar-refractivity contribution in [1.29, 1.82) is 0 Å². The number of hydrogen-bond acceptors (Lipinski definition) is 8. The Hall–Kier alpha value is -3.50. The number of carbonyl (C=O) groups excluding carboxylic acids is 3. The van der Waals surface area contributed by atoms with Crippen molar-refractivity contribution >= 4 is 44.0 Å². The summed E-state index contributed by atoms with van der Waals surface area (Å²) < 4.78 is 33.1. The predicted molar refractivity (Wildman–Crippen MR) is 124 cm³/mol. The maximum absolute atomic E-state index is 12.4. The van der Waals surface area contributed by atoms with Crippen molar-refractivity contribution in [2.75, 3.05) is 24.8 Å². The maximum atomic E-state index is 12.4. The van der Waals surface area contributed by atoms with Crippen LogP contribution in [0.2, 0.25) is 0 Å². The Morgan fingerprint density at radius 2 is 1.61 bits per heavy atom. The number of nitrogens with one attached hydrogen (secondary N) is 1. The van der Waals surface area contributed by atoms with E-state index >= 15 is 0 Å². The zero-order chi connectivity index (χ0) is 24.0. The highest BCUT2D eigenvalue weighted by molar-refractivity contribution is 7.90. The molecule has 1 N–H and O–H groups in total. The summed E-state index contributed by atoms with van der Waals surface area (Å²) in [6, 6.07) is 16.2. The van der Waals surface area contributed by atoms with Crippen molar-refractivity contribution in [3.05, 3.63) is 71.8 Å². The van der Waals surface area contributed by atoms with Gasteiger partial charge in [-0.3, -0.25) is 4.79 Å². The first-order valence-corrected chi connectivity index (χ1v) is 12.5. The molecule has 0 aliphatic heterocycles. The lowest BCUT2D eigenvalue weighted by atomic mass is 10.1. The second-order valence-electron chi connectivity index (χ2n) is 6.86. The number of rotatable bonds is 8. The van der Waals surface area contributed by atoms with E-state index in [9.17, 15) is 22.8 Å². The smallest absolute Gasteiger partial charge is 0.341 e. The SMILES string of the molecule is CCOC(=O)c1cc(-c2ccccc2)sc1NC(=O)COC(=O)c1ccc(S(C)(=O)=O)cc1. The monoisotopic (exact) mass is 487 g/mol. The molecule has 0 spiro atoms. The van der Waals surface area contributed by atoms with E-state index in [-0.39, 0.29) is 27.6 Å². The van der Waals surface area contributed by atoms with Crippen LogP contribution in [-0.4, -0.2) is 45.7 Å². The molecule has 0 atom stereocenters. The molecule has 33 heavy (non-hydrogen) atoms. The molecule has 172 valence electrons. The fourth-order valence-electron chi connectivity index (χ4n) is 2.80. The van der Waals surface area contributed by atoms with Crippen LogP contribution in [0.5, 0.6) is 0 Å². The number of ether oxygens (including phenoxy) is 2. The molecule has 1 aromatic heterocycles. The van der Waals surface area contributed by atoms with Gasteiger partial charge in [-0.2, -0.15) is 0 Å². The van der Waals surface area contributed by atoms with Gasteiger partial charge in [-0.15, -0.1) is 11.3 Å². The van der Waals surface area contributed by atoms with Crippen molar-refractivity contribution in [2.24, 2.45) is 0 Å². The molecule has 8 nitrogen and oxygen atoms in total. The number of hydrogen-bond donors (Lipinski definition) is 1. The van der Waals surface area contributed by atoms with Gasteiger partial charge in [-0.05, 0) is 42.8 Å². The molecular weight excluding hydrogens is 466 g/mol. The Morgan fingerprint density at radius 1 is 0.939 bits per heavy atom. The molecule has 1 amide bonds. The minimum Gasteiger partial charge on any atom is -0.462 e. The number of esters is 2. The van der Waals surface area contributed by atoms with E-state index in [4.69, 9.17) is 9.47 Å². The van der Waals surface area contributed by atoms with E-state index in [0.29, 0.717) is 0 Å². The Bertz CT molecular complexity index is 1260. The van der Waals surface area contributed by atoms with Crippen molar-refractivity contribution in [2.45, 2.75) is 11.8 Å². The van der Waals surface area contributed by atoms with Gasteiger partial charge in [0.25, 0.3) is 5.91 Å². The average Bonchev–Trinajstić information content (AvgIpc) is 3.21. The number of thiophene rings is 1. The van der Waals surface area contributed by atoms with Gasteiger partial charge in [0.05, 0.1) is 22.6 Å². The molecule has 0 aliphatic carbocycles. The van der Waals surface area contributed by atoms with E-state index in [2.05, 4.69) is 5.32 Å². The number of carbonyl (C=O) groups is 3. The van der Waals surface area contributed by atoms with Crippen LogP contribution in [0.1, 0.15) is 27.6 Å². The van der Waals surface area contributed by atoms with Gasteiger partial charge in [0.15, 0.2) is 16.4 Å². The summed E-state index contributed by atoms with van der Waals surface area (Å²) in [7, 11) is -3.39. The minimum absolute atomic E-state index is 0.0650. The van der Waals surface area contributed by atoms with E-state index in [1.807, 2.05) is 30.3 Å². The van der Waals surface area contributed by atoms with Gasteiger partial charge in [-0.1, -0.05) is 30.3 Å². The molecule has 0 fully saturated rings. The molecule has 0 saturated heterocycles. The lowest BCUT2D eigenvalue weighted by Crippen LogP contribution is -2.21. The van der Waals surface area contributed by atoms with Crippen molar-refractivity contribution in [3.63, 3.8) is 0 Å². The number of amides is 1. The number of benzene rings is 2. The zero-order valence-electron chi connectivity index (χ0n) is 17.9. The summed E-state index contributed by atoms with van der Waals surface area (Å²) in [5.74, 6) is -2.00. The highest BCUT2D eigenvalue weighted by Gasteiger charge is 2.20. The maximum Gasteiger partial charge on any atom is 0.341 e. The molecular formula is C23H21NO7S2. The van der Waals surface area contributed by atoms with E-state index in [0.717, 1.165) is 16.7 Å². The van der Waals surface area contributed by atoms with Gasteiger partial charge in [0.2, 0.25) is 0 Å². The zero-order valence-corrected chi connectivity index (χ0v) is 19.5. The summed E-state index contributed by atoms with van der Waals surface area (Å²) in [6.45, 7) is 1.27. The largest absolute Gasteiger partial charge is 0.462 e. The highest BCUT2D eigenvalue weighted by atomic mass is 32.2. The summed E-state index contributed by atoms with van der Waals surface area (Å²) in [5.41, 5.74) is 1.18. The second kappa shape index (κ2) is 10.4. The van der Waals surface area contributed by atoms with Gasteiger partial charge in [0.1, 0.15) is 5.00 Å². The summed E-state index contributed by atoms with van der Waals surface area (Å²) >= 11 is 1.20. The summed E-state index contributed by atoms with van der Waals surface area (Å²) in [4.78, 5) is 37.8. The quantitative estimate of drug-likeness (QED) is 0.481. The van der Waals surface area contributed by atoms with Crippen molar-refractivity contribution < 1.29 is 32.3 Å². The predicted octanol–water partition coefficient (Wildman–Crippen LogP) is 3.79. The third kappa shape index (κ3) is 6.27. The molecule has 2 aromatic carbocycles. The Labute approximate surface area is 195 Å². The van der Waals surface area contributed by atoms with Gasteiger partial charge in [0, 0.05) is 11.1 Å². The van der Waals surface area contributed by atoms with Crippen LogP contribution in [0.15, 0.2) is 65.6 Å². The topological polar surface area (TPSA) is 116 Å². The number of sulfone groups is 1. The van der Waals surface area contributed by atoms with E-state index < -0.39 is 34.3 Å². The molecule has 0 aliphatic rings. The molecule has 0 bridgehead atoms. The van der Waals surface area contributed by atoms with E-state index in [1.54, 1.807) is 13.0 Å². The van der Waals surface area contributed by atoms with Crippen LogP contribution in [0, 0.1) is 0 Å². The van der Waals surface area contributed by atoms with Crippen LogP contribution in [0.4, 0.5) is 5.00 Å². The van der Waals surface area contributed by atoms with Crippen LogP contribution < -0.4 is 5.32 Å². The molecule has 0 unspecified atom stereocenters. The number of anilines is 1. The first-order valence-electron chi connectivity index (χ1n) is 9.82. The molecule has 1 heterocycles. The minimum atomic E-state index is -3.39. The standard InChI is InChI=1S/C23H21NO7S2/c1-3-30-23(27)18-13-19(15-7-5-4-6-8-15)32-21(18)24-20(25)14-31-22(26)16-9-11-17(12-10-16)33(2,28)29/h4-13H,3,14H2,1-2H3,(H,24,25). The van der Waals surface area contributed by atoms with Crippen molar-refractivity contribution in [1.82, 2.24) is 0 Å². The van der Waals surface area contributed by atoms with Gasteiger partial charge >= 0.3 is 11.9 Å². The van der Waals surface area contributed by atoms with Gasteiger partial charge < -0.3 is 14.8 Å². The first-order chi connectivity index (χ1) is 15.7. The first kappa shape index (κ1) is 24.1. The lowest BCUT2D eigenvalue weighted by Gasteiger charge is -2.07. The lowest BCUT2D eigenvalue weighted by molar-refractivity contribution is -0.119. The highest BCUT2D eigenvalue weighted by Crippen LogP contribution is 2.35. The van der Waals surface area contributed by atoms with E-state index in [1.165, 1.54) is 35.6 Å². The van der Waals surface area contributed by atoms with Crippen LogP contribution in [0.25, 0.3) is 10.4 Å². The molecule has 3 aromatic rings. The molecule has 10 heteroatoms. The Kier molecular flexibility index (Phi) is 7.62. The van der Waals surface area contributed by atoms with Crippen LogP contribution in [-0.2, 0) is 24.1 Å². The summed E-state index contributed by atoms with van der Waals surface area (Å²) in [6.07, 6.45) is 1.06. The molecule has 0 radical (unpaired) electrons.